The summed E-state index contributed by atoms with van der Waals surface area (Å²) >= 11 is 3.36. The zero-order chi connectivity index (χ0) is 11.3. The van der Waals surface area contributed by atoms with Crippen molar-refractivity contribution < 1.29 is 14.4 Å². The first-order valence-corrected chi connectivity index (χ1v) is 6.85. The highest BCUT2D eigenvalue weighted by molar-refractivity contribution is 9.10. The van der Waals surface area contributed by atoms with E-state index in [9.17, 15) is 14.4 Å². The predicted molar refractivity (Wildman–Crippen MR) is 60.5 cm³/mol. The lowest BCUT2D eigenvalue weighted by Crippen LogP contribution is -2.40. The van der Waals surface area contributed by atoms with Gasteiger partial charge in [-0.3, -0.25) is 4.57 Å². The Morgan fingerprint density at radius 3 is 2.60 bits per heavy atom. The van der Waals surface area contributed by atoms with Crippen LogP contribution >= 0.6 is 23.5 Å². The van der Waals surface area contributed by atoms with E-state index in [1.807, 2.05) is 18.2 Å². The molecule has 15 heavy (non-hydrogen) atoms. The van der Waals surface area contributed by atoms with Crippen LogP contribution in [0.25, 0.3) is 0 Å². The summed E-state index contributed by atoms with van der Waals surface area (Å²) in [5, 5.41) is -1.43. The maximum atomic E-state index is 11.3. The Morgan fingerprint density at radius 1 is 1.40 bits per heavy atom. The van der Waals surface area contributed by atoms with Crippen molar-refractivity contribution in [3.63, 3.8) is 0 Å². The maximum absolute atomic E-state index is 11.3. The molecule has 6 heteroatoms. The van der Waals surface area contributed by atoms with E-state index in [1.54, 1.807) is 0 Å². The van der Waals surface area contributed by atoms with Crippen LogP contribution in [0.15, 0.2) is 22.7 Å². The zero-order valence-electron chi connectivity index (χ0n) is 7.85. The molecule has 1 aliphatic rings. The Labute approximate surface area is 95.8 Å². The average Bonchev–Trinajstić information content (AvgIpc) is 2.43. The number of benzene rings is 1. The molecule has 1 aromatic rings. The van der Waals surface area contributed by atoms with Crippen molar-refractivity contribution in [2.24, 2.45) is 5.73 Å². The van der Waals surface area contributed by atoms with Gasteiger partial charge < -0.3 is 15.5 Å². The number of rotatable bonds is 1. The van der Waals surface area contributed by atoms with Crippen molar-refractivity contribution >= 4 is 23.5 Å². The maximum Gasteiger partial charge on any atom is 0.345 e. The zero-order valence-corrected chi connectivity index (χ0v) is 10.3. The lowest BCUT2D eigenvalue weighted by Gasteiger charge is -2.24. The number of hydrogen-bond acceptors (Lipinski definition) is 2. The number of nitrogens with two attached hydrogens (primary N) is 1. The van der Waals surface area contributed by atoms with Crippen molar-refractivity contribution in [3.8, 4) is 0 Å². The fourth-order valence-electron chi connectivity index (χ4n) is 1.87. The smallest absolute Gasteiger partial charge is 0.323 e. The van der Waals surface area contributed by atoms with E-state index in [-0.39, 0.29) is 12.8 Å². The summed E-state index contributed by atoms with van der Waals surface area (Å²) in [5.41, 5.74) is 7.59. The van der Waals surface area contributed by atoms with Gasteiger partial charge in [0.25, 0.3) is 0 Å². The SMILES string of the molecule is NC1(P(=O)(O)O)Cc2cccc(Br)c2C1. The topological polar surface area (TPSA) is 83.6 Å². The minimum atomic E-state index is -4.27. The van der Waals surface area contributed by atoms with E-state index < -0.39 is 12.9 Å². The number of hydrogen-bond donors (Lipinski definition) is 3. The largest absolute Gasteiger partial charge is 0.345 e. The highest BCUT2D eigenvalue weighted by atomic mass is 79.9. The Bertz CT molecular complexity index is 459. The molecule has 4 nitrogen and oxygen atoms in total. The molecular formula is C9H11BrNO3P. The van der Waals surface area contributed by atoms with Crippen molar-refractivity contribution in [2.45, 2.75) is 18.1 Å². The van der Waals surface area contributed by atoms with E-state index >= 15 is 0 Å². The molecule has 0 bridgehead atoms. The Balaban J connectivity index is 2.46. The van der Waals surface area contributed by atoms with Gasteiger partial charge in [-0.1, -0.05) is 28.1 Å². The Morgan fingerprint density at radius 2 is 2.07 bits per heavy atom. The molecule has 0 amide bonds. The van der Waals surface area contributed by atoms with Crippen LogP contribution in [0.4, 0.5) is 0 Å². The van der Waals surface area contributed by atoms with Crippen LogP contribution in [0.3, 0.4) is 0 Å². The van der Waals surface area contributed by atoms with Crippen LogP contribution in [0.2, 0.25) is 0 Å². The number of halogens is 1. The first-order valence-electron chi connectivity index (χ1n) is 4.44. The summed E-state index contributed by atoms with van der Waals surface area (Å²) in [7, 11) is -4.27. The Hall–Kier alpha value is -0.190. The average molecular weight is 292 g/mol. The van der Waals surface area contributed by atoms with Gasteiger partial charge in [-0.25, -0.2) is 0 Å². The molecule has 0 radical (unpaired) electrons. The van der Waals surface area contributed by atoms with E-state index in [0.717, 1.165) is 15.6 Å². The predicted octanol–water partition coefficient (Wildman–Crippen LogP) is 1.38. The van der Waals surface area contributed by atoms with Gasteiger partial charge in [0.2, 0.25) is 0 Å². The van der Waals surface area contributed by atoms with Gasteiger partial charge in [0, 0.05) is 17.3 Å². The van der Waals surface area contributed by atoms with Crippen LogP contribution in [0.1, 0.15) is 11.1 Å². The molecule has 0 fully saturated rings. The van der Waals surface area contributed by atoms with Crippen molar-refractivity contribution in [2.75, 3.05) is 0 Å². The van der Waals surface area contributed by atoms with Gasteiger partial charge in [-0.05, 0) is 17.2 Å². The second kappa shape index (κ2) is 3.40. The first kappa shape index (κ1) is 11.3. The molecule has 1 atom stereocenters. The third-order valence-corrected chi connectivity index (χ3v) is 4.99. The number of fused-ring (bicyclic) bond motifs is 1. The summed E-state index contributed by atoms with van der Waals surface area (Å²) < 4.78 is 12.2. The summed E-state index contributed by atoms with van der Waals surface area (Å²) in [6.07, 6.45) is 0.445. The summed E-state index contributed by atoms with van der Waals surface area (Å²) in [4.78, 5) is 18.4. The van der Waals surface area contributed by atoms with E-state index in [0.29, 0.717) is 0 Å². The van der Waals surface area contributed by atoms with E-state index in [2.05, 4.69) is 15.9 Å². The van der Waals surface area contributed by atoms with Gasteiger partial charge in [0.1, 0.15) is 5.28 Å². The van der Waals surface area contributed by atoms with Crippen molar-refractivity contribution in [3.05, 3.63) is 33.8 Å². The van der Waals surface area contributed by atoms with Crippen molar-refractivity contribution in [1.29, 1.82) is 0 Å². The van der Waals surface area contributed by atoms with E-state index in [1.165, 1.54) is 0 Å². The molecule has 0 saturated heterocycles. The second-order valence-corrected chi connectivity index (χ2v) is 6.71. The van der Waals surface area contributed by atoms with Crippen LogP contribution in [0, 0.1) is 0 Å². The fraction of sp³-hybridized carbons (Fsp3) is 0.333. The van der Waals surface area contributed by atoms with E-state index in [4.69, 9.17) is 5.73 Å². The normalized spacial score (nSPS) is 25.3. The lowest BCUT2D eigenvalue weighted by molar-refractivity contribution is 0.327. The molecule has 2 rings (SSSR count). The highest BCUT2D eigenvalue weighted by Crippen LogP contribution is 2.54. The van der Waals surface area contributed by atoms with Gasteiger partial charge >= 0.3 is 7.60 Å². The molecule has 0 spiro atoms. The first-order chi connectivity index (χ1) is 6.83. The minimum Gasteiger partial charge on any atom is -0.323 e. The van der Waals surface area contributed by atoms with Crippen LogP contribution in [-0.4, -0.2) is 15.1 Å². The third kappa shape index (κ3) is 1.79. The molecule has 4 N–H and O–H groups in total. The van der Waals surface area contributed by atoms with Crippen molar-refractivity contribution in [1.82, 2.24) is 0 Å². The summed E-state index contributed by atoms with van der Waals surface area (Å²) in [6, 6.07) is 5.54. The standard InChI is InChI=1S/C9H11BrNO3P/c10-8-3-1-2-6-4-9(11,5-7(6)8)15(12,13)14/h1-3H,4-5,11H2,(H2,12,13,14). The van der Waals surface area contributed by atoms with Gasteiger partial charge in [0.05, 0.1) is 0 Å². The summed E-state index contributed by atoms with van der Waals surface area (Å²) in [5.74, 6) is 0. The van der Waals surface area contributed by atoms with Gasteiger partial charge in [-0.2, -0.15) is 0 Å². The fourth-order valence-corrected chi connectivity index (χ4v) is 3.16. The molecule has 82 valence electrons. The molecule has 0 aromatic heterocycles. The molecule has 1 aliphatic carbocycles. The van der Waals surface area contributed by atoms with Gasteiger partial charge in [0.15, 0.2) is 0 Å². The monoisotopic (exact) mass is 291 g/mol. The minimum absolute atomic E-state index is 0.216. The highest BCUT2D eigenvalue weighted by Gasteiger charge is 2.48. The van der Waals surface area contributed by atoms with Crippen LogP contribution < -0.4 is 5.73 Å². The van der Waals surface area contributed by atoms with Gasteiger partial charge in [-0.15, -0.1) is 0 Å². The molecule has 1 unspecified atom stereocenters. The molecular weight excluding hydrogens is 281 g/mol. The Kier molecular flexibility index (Phi) is 2.56. The third-order valence-electron chi connectivity index (χ3n) is 2.78. The molecule has 1 aromatic carbocycles. The quantitative estimate of drug-likeness (QED) is 0.683. The van der Waals surface area contributed by atoms with Crippen LogP contribution in [0.5, 0.6) is 0 Å². The molecule has 0 heterocycles. The summed E-state index contributed by atoms with van der Waals surface area (Å²) in [6.45, 7) is 0. The molecule has 0 saturated carbocycles. The van der Waals surface area contributed by atoms with Crippen LogP contribution in [-0.2, 0) is 17.4 Å². The second-order valence-electron chi connectivity index (χ2n) is 3.88. The molecule has 0 aliphatic heterocycles. The lowest BCUT2D eigenvalue weighted by atomic mass is 10.1.